The summed E-state index contributed by atoms with van der Waals surface area (Å²) >= 11 is 0.972. The highest BCUT2D eigenvalue weighted by atomic mass is 32.1. The number of carbonyl (C=O) groups is 2. The summed E-state index contributed by atoms with van der Waals surface area (Å²) in [6.45, 7) is 1.52. The van der Waals surface area contributed by atoms with Gasteiger partial charge >= 0.3 is 0 Å². The Balaban J connectivity index is 2.08. The maximum Gasteiger partial charge on any atom is 0.240 e. The molecule has 1 amide bonds. The maximum atomic E-state index is 14.2. The molecule has 0 unspecified atom stereocenters. The lowest BCUT2D eigenvalue weighted by atomic mass is 10.1. The number of thiazole rings is 1. The van der Waals surface area contributed by atoms with Gasteiger partial charge in [-0.2, -0.15) is 5.26 Å². The van der Waals surface area contributed by atoms with Gasteiger partial charge < -0.3 is 16.4 Å². The van der Waals surface area contributed by atoms with Gasteiger partial charge in [-0.1, -0.05) is 41.7 Å². The third-order valence-electron chi connectivity index (χ3n) is 4.24. The van der Waals surface area contributed by atoms with E-state index in [1.807, 2.05) is 0 Å². The number of hydrogen-bond donors (Lipinski definition) is 2. The fourth-order valence-electron chi connectivity index (χ4n) is 2.68. The van der Waals surface area contributed by atoms with Crippen molar-refractivity contribution in [2.45, 2.75) is 13.0 Å². The Labute approximate surface area is 170 Å². The fourth-order valence-corrected chi connectivity index (χ4v) is 3.73. The second-order valence-electron chi connectivity index (χ2n) is 6.13. The molecule has 0 saturated heterocycles. The molecule has 29 heavy (non-hydrogen) atoms. The zero-order valence-electron chi connectivity index (χ0n) is 15.3. The average Bonchev–Trinajstić information content (AvgIpc) is 3.09. The molecule has 0 fully saturated rings. The van der Waals surface area contributed by atoms with Crippen molar-refractivity contribution in [2.75, 3.05) is 10.6 Å². The van der Waals surface area contributed by atoms with Gasteiger partial charge in [0.2, 0.25) is 11.7 Å². The number of primary amides is 1. The van der Waals surface area contributed by atoms with Crippen LogP contribution in [-0.2, 0) is 4.79 Å². The molecule has 0 aliphatic heterocycles. The topological polar surface area (TPSA) is 126 Å². The molecule has 0 radical (unpaired) electrons. The minimum Gasteiger partial charge on any atom is -0.382 e. The van der Waals surface area contributed by atoms with Crippen molar-refractivity contribution in [3.63, 3.8) is 0 Å². The van der Waals surface area contributed by atoms with E-state index in [0.717, 1.165) is 17.4 Å². The van der Waals surface area contributed by atoms with E-state index in [9.17, 15) is 14.0 Å². The van der Waals surface area contributed by atoms with Crippen LogP contribution in [0, 0.1) is 17.1 Å². The van der Waals surface area contributed by atoms with Crippen LogP contribution in [0.2, 0.25) is 0 Å². The molecule has 0 spiro atoms. The number of rotatable bonds is 6. The van der Waals surface area contributed by atoms with Crippen LogP contribution >= 0.6 is 11.3 Å². The molecule has 146 valence electrons. The summed E-state index contributed by atoms with van der Waals surface area (Å²) in [5.74, 6) is -1.75. The number of amides is 1. The first-order chi connectivity index (χ1) is 13.8. The zero-order valence-corrected chi connectivity index (χ0v) is 16.1. The molecule has 0 aliphatic carbocycles. The Bertz CT molecular complexity index is 1120. The molecule has 0 aliphatic rings. The predicted molar refractivity (Wildman–Crippen MR) is 108 cm³/mol. The number of anilines is 3. The van der Waals surface area contributed by atoms with Gasteiger partial charge in [0.15, 0.2) is 5.13 Å². The molecule has 1 heterocycles. The van der Waals surface area contributed by atoms with E-state index in [1.54, 1.807) is 36.4 Å². The molecule has 1 atom stereocenters. The van der Waals surface area contributed by atoms with Crippen LogP contribution in [0.15, 0.2) is 48.5 Å². The SMILES string of the molecule is C[C@H](C(N)=O)N(c1ccc(C#N)c(F)c1)c1nc(N)c(C(=O)c2ccccc2)s1. The molecule has 2 aromatic carbocycles. The summed E-state index contributed by atoms with van der Waals surface area (Å²) in [7, 11) is 0. The summed E-state index contributed by atoms with van der Waals surface area (Å²) in [5.41, 5.74) is 12.0. The third kappa shape index (κ3) is 3.93. The standard InChI is InChI=1S/C20H16FN5O2S/c1-11(19(24)28)26(14-8-7-13(10-22)15(21)9-14)20-25-18(23)17(29-20)16(27)12-5-3-2-4-6-12/h2-9,11H,23H2,1H3,(H2,24,28)/t11-/m1/s1. The van der Waals surface area contributed by atoms with Crippen LogP contribution in [-0.4, -0.2) is 22.7 Å². The quantitative estimate of drug-likeness (QED) is 0.603. The van der Waals surface area contributed by atoms with Crippen molar-refractivity contribution in [1.82, 2.24) is 4.98 Å². The second kappa shape index (κ2) is 8.08. The van der Waals surface area contributed by atoms with Gasteiger partial charge in [-0.3, -0.25) is 9.59 Å². The average molecular weight is 409 g/mol. The molecule has 3 rings (SSSR count). The van der Waals surface area contributed by atoms with E-state index in [2.05, 4.69) is 4.98 Å². The number of hydrogen-bond acceptors (Lipinski definition) is 7. The second-order valence-corrected chi connectivity index (χ2v) is 7.11. The van der Waals surface area contributed by atoms with Crippen molar-refractivity contribution >= 4 is 39.7 Å². The summed E-state index contributed by atoms with van der Waals surface area (Å²) in [4.78, 5) is 30.4. The van der Waals surface area contributed by atoms with Crippen molar-refractivity contribution in [1.29, 1.82) is 5.26 Å². The molecule has 3 aromatic rings. The van der Waals surface area contributed by atoms with Gasteiger partial charge in [-0.25, -0.2) is 9.37 Å². The Hall–Kier alpha value is -3.77. The molecule has 9 heteroatoms. The molecule has 0 bridgehead atoms. The van der Waals surface area contributed by atoms with Crippen LogP contribution in [0.25, 0.3) is 0 Å². The van der Waals surface area contributed by atoms with E-state index < -0.39 is 17.8 Å². The summed E-state index contributed by atoms with van der Waals surface area (Å²) in [6, 6.07) is 13.2. The van der Waals surface area contributed by atoms with Crippen LogP contribution in [0.1, 0.15) is 27.7 Å². The number of nitriles is 1. The van der Waals surface area contributed by atoms with E-state index in [4.69, 9.17) is 16.7 Å². The molecule has 0 saturated carbocycles. The Kier molecular flexibility index (Phi) is 5.57. The van der Waals surface area contributed by atoms with Gasteiger partial charge in [0.25, 0.3) is 0 Å². The van der Waals surface area contributed by atoms with Crippen LogP contribution in [0.4, 0.5) is 21.0 Å². The monoisotopic (exact) mass is 409 g/mol. The molecule has 4 N–H and O–H groups in total. The first kappa shape index (κ1) is 20.0. The summed E-state index contributed by atoms with van der Waals surface area (Å²) in [5, 5.41) is 9.14. The van der Waals surface area contributed by atoms with Gasteiger partial charge in [0, 0.05) is 11.3 Å². The van der Waals surface area contributed by atoms with Gasteiger partial charge in [0.05, 0.1) is 5.56 Å². The minimum absolute atomic E-state index is 0.00496. The number of nitrogens with two attached hydrogens (primary N) is 2. The highest BCUT2D eigenvalue weighted by molar-refractivity contribution is 7.18. The Morgan fingerprint density at radius 1 is 1.24 bits per heavy atom. The van der Waals surface area contributed by atoms with Gasteiger partial charge in [-0.05, 0) is 25.1 Å². The lowest BCUT2D eigenvalue weighted by Crippen LogP contribution is -2.40. The lowest BCUT2D eigenvalue weighted by Gasteiger charge is -2.26. The van der Waals surface area contributed by atoms with Crippen molar-refractivity contribution in [3.05, 3.63) is 70.4 Å². The summed E-state index contributed by atoms with van der Waals surface area (Å²) in [6.07, 6.45) is 0. The van der Waals surface area contributed by atoms with Crippen LogP contribution in [0.3, 0.4) is 0 Å². The molecule has 1 aromatic heterocycles. The number of carbonyl (C=O) groups excluding carboxylic acids is 2. The predicted octanol–water partition coefficient (Wildman–Crippen LogP) is 2.98. The van der Waals surface area contributed by atoms with Crippen LogP contribution in [0.5, 0.6) is 0 Å². The molecular weight excluding hydrogens is 393 g/mol. The minimum atomic E-state index is -0.910. The zero-order chi connectivity index (χ0) is 21.1. The van der Waals surface area contributed by atoms with Gasteiger partial charge in [-0.15, -0.1) is 0 Å². The Morgan fingerprint density at radius 2 is 1.93 bits per heavy atom. The maximum absolute atomic E-state index is 14.2. The van der Waals surface area contributed by atoms with Gasteiger partial charge in [0.1, 0.15) is 28.6 Å². The number of ketones is 1. The largest absolute Gasteiger partial charge is 0.382 e. The molecular formula is C20H16FN5O2S. The number of benzene rings is 2. The normalized spacial score (nSPS) is 11.5. The first-order valence-electron chi connectivity index (χ1n) is 8.47. The number of nitrogens with zero attached hydrogens (tertiary/aromatic N) is 3. The third-order valence-corrected chi connectivity index (χ3v) is 5.31. The number of halogens is 1. The van der Waals surface area contributed by atoms with Crippen molar-refractivity contribution < 1.29 is 14.0 Å². The van der Waals surface area contributed by atoms with E-state index >= 15 is 0 Å². The first-order valence-corrected chi connectivity index (χ1v) is 9.29. The highest BCUT2D eigenvalue weighted by Gasteiger charge is 2.28. The summed E-state index contributed by atoms with van der Waals surface area (Å²) < 4.78 is 14.2. The molecule has 7 nitrogen and oxygen atoms in total. The van der Waals surface area contributed by atoms with E-state index in [1.165, 1.54) is 24.0 Å². The number of aromatic nitrogens is 1. The highest BCUT2D eigenvalue weighted by Crippen LogP contribution is 2.36. The van der Waals surface area contributed by atoms with Crippen LogP contribution < -0.4 is 16.4 Å². The lowest BCUT2D eigenvalue weighted by molar-refractivity contribution is -0.118. The number of nitrogen functional groups attached to an aromatic ring is 1. The van der Waals surface area contributed by atoms with Crippen molar-refractivity contribution in [2.24, 2.45) is 5.73 Å². The fraction of sp³-hybridized carbons (Fsp3) is 0.100. The van der Waals surface area contributed by atoms with E-state index in [0.29, 0.717) is 5.56 Å². The van der Waals surface area contributed by atoms with Crippen molar-refractivity contribution in [3.8, 4) is 6.07 Å². The Morgan fingerprint density at radius 3 is 2.52 bits per heavy atom. The van der Waals surface area contributed by atoms with E-state index in [-0.39, 0.29) is 32.9 Å². The smallest absolute Gasteiger partial charge is 0.240 e.